The first kappa shape index (κ1) is 15.7. The molecular weight excluding hydrogens is 264 g/mol. The van der Waals surface area contributed by atoms with Crippen LogP contribution in [0.4, 0.5) is 5.82 Å². The predicted octanol–water partition coefficient (Wildman–Crippen LogP) is 1.85. The highest BCUT2D eigenvalue weighted by Gasteiger charge is 2.12. The van der Waals surface area contributed by atoms with Crippen molar-refractivity contribution in [1.82, 2.24) is 15.2 Å². The average molecular weight is 285 g/mol. The third-order valence-corrected chi connectivity index (χ3v) is 2.62. The van der Waals surface area contributed by atoms with Crippen molar-refractivity contribution in [3.8, 4) is 0 Å². The lowest BCUT2D eigenvalue weighted by Crippen LogP contribution is -2.39. The Morgan fingerprint density at radius 1 is 1.47 bits per heavy atom. The van der Waals surface area contributed by atoms with Crippen LogP contribution in [0.25, 0.3) is 0 Å². The molecule has 0 aliphatic rings. The predicted molar refractivity (Wildman–Crippen MR) is 78.9 cm³/mol. The second-order valence-corrected chi connectivity index (χ2v) is 5.12. The fourth-order valence-corrected chi connectivity index (χ4v) is 2.01. The van der Waals surface area contributed by atoms with Crippen LogP contribution in [0.5, 0.6) is 0 Å². The van der Waals surface area contributed by atoms with Gasteiger partial charge in [-0.1, -0.05) is 11.6 Å². The van der Waals surface area contributed by atoms with Gasteiger partial charge in [0.2, 0.25) is 0 Å². The van der Waals surface area contributed by atoms with Crippen LogP contribution in [0, 0.1) is 0 Å². The van der Waals surface area contributed by atoms with E-state index in [0.29, 0.717) is 16.5 Å². The Kier molecular flexibility index (Phi) is 6.05. The van der Waals surface area contributed by atoms with Crippen LogP contribution in [0.15, 0.2) is 12.1 Å². The standard InChI is InChI=1S/C13H21ClN4O/c1-5-15-12-7-10(6-11(14)17-12)13(19)16-9(2)8-18(3)4/h6-7,9H,5,8H2,1-4H3,(H,15,17)(H,16,19). The number of carbonyl (C=O) groups excluding carboxylic acids is 1. The minimum atomic E-state index is -0.141. The fraction of sp³-hybridized carbons (Fsp3) is 0.538. The highest BCUT2D eigenvalue weighted by atomic mass is 35.5. The molecule has 1 atom stereocenters. The van der Waals surface area contributed by atoms with E-state index in [1.54, 1.807) is 12.1 Å². The molecule has 1 aromatic rings. The van der Waals surface area contributed by atoms with Crippen LogP contribution < -0.4 is 10.6 Å². The first-order valence-electron chi connectivity index (χ1n) is 6.29. The number of pyridine rings is 1. The molecule has 1 unspecified atom stereocenters. The van der Waals surface area contributed by atoms with E-state index in [4.69, 9.17) is 11.6 Å². The van der Waals surface area contributed by atoms with Crippen molar-refractivity contribution >= 4 is 23.3 Å². The van der Waals surface area contributed by atoms with Gasteiger partial charge in [0.25, 0.3) is 5.91 Å². The summed E-state index contributed by atoms with van der Waals surface area (Å²) in [6, 6.07) is 3.34. The van der Waals surface area contributed by atoms with Crippen LogP contribution in [0.2, 0.25) is 5.15 Å². The molecule has 0 saturated carbocycles. The molecule has 6 heteroatoms. The third kappa shape index (κ3) is 5.44. The molecule has 19 heavy (non-hydrogen) atoms. The van der Waals surface area contributed by atoms with E-state index in [0.717, 1.165) is 13.1 Å². The monoisotopic (exact) mass is 284 g/mol. The number of hydrogen-bond donors (Lipinski definition) is 2. The normalized spacial score (nSPS) is 12.3. The summed E-state index contributed by atoms with van der Waals surface area (Å²) in [5, 5.41) is 6.28. The van der Waals surface area contributed by atoms with Crippen LogP contribution in [0.3, 0.4) is 0 Å². The summed E-state index contributed by atoms with van der Waals surface area (Å²) in [6.45, 7) is 5.43. The number of nitrogens with zero attached hydrogens (tertiary/aromatic N) is 2. The smallest absolute Gasteiger partial charge is 0.251 e. The number of carbonyl (C=O) groups is 1. The van der Waals surface area contributed by atoms with Gasteiger partial charge in [-0.05, 0) is 40.1 Å². The van der Waals surface area contributed by atoms with Gasteiger partial charge in [-0.15, -0.1) is 0 Å². The van der Waals surface area contributed by atoms with Crippen LogP contribution in [0.1, 0.15) is 24.2 Å². The molecular formula is C13H21ClN4O. The van der Waals surface area contributed by atoms with Gasteiger partial charge in [0.1, 0.15) is 11.0 Å². The molecule has 5 nitrogen and oxygen atoms in total. The van der Waals surface area contributed by atoms with Crippen molar-refractivity contribution in [3.05, 3.63) is 22.8 Å². The Bertz CT molecular complexity index is 437. The Hall–Kier alpha value is -1.33. The summed E-state index contributed by atoms with van der Waals surface area (Å²) >= 11 is 5.91. The maximum Gasteiger partial charge on any atom is 0.251 e. The molecule has 0 spiro atoms. The Morgan fingerprint density at radius 2 is 2.16 bits per heavy atom. The van der Waals surface area contributed by atoms with Gasteiger partial charge in [0.05, 0.1) is 0 Å². The van der Waals surface area contributed by atoms with Crippen molar-refractivity contribution in [2.75, 3.05) is 32.5 Å². The van der Waals surface area contributed by atoms with Gasteiger partial charge in [-0.3, -0.25) is 4.79 Å². The Labute approximate surface area is 119 Å². The zero-order chi connectivity index (χ0) is 14.4. The molecule has 1 aromatic heterocycles. The molecule has 106 valence electrons. The fourth-order valence-electron chi connectivity index (χ4n) is 1.80. The van der Waals surface area contributed by atoms with Gasteiger partial charge < -0.3 is 15.5 Å². The van der Waals surface area contributed by atoms with E-state index in [1.807, 2.05) is 32.8 Å². The Morgan fingerprint density at radius 3 is 2.74 bits per heavy atom. The molecule has 0 aliphatic heterocycles. The van der Waals surface area contributed by atoms with Crippen molar-refractivity contribution in [1.29, 1.82) is 0 Å². The summed E-state index contributed by atoms with van der Waals surface area (Å²) in [4.78, 5) is 18.2. The molecule has 0 aliphatic carbocycles. The largest absolute Gasteiger partial charge is 0.370 e. The van der Waals surface area contributed by atoms with Crippen LogP contribution in [-0.4, -0.2) is 49.0 Å². The molecule has 1 heterocycles. The molecule has 0 bridgehead atoms. The van der Waals surface area contributed by atoms with Gasteiger partial charge in [-0.25, -0.2) is 4.98 Å². The molecule has 0 fully saturated rings. The van der Waals surface area contributed by atoms with E-state index >= 15 is 0 Å². The minimum absolute atomic E-state index is 0.0667. The highest BCUT2D eigenvalue weighted by Crippen LogP contribution is 2.14. The first-order chi connectivity index (χ1) is 8.92. The lowest BCUT2D eigenvalue weighted by atomic mass is 10.2. The first-order valence-corrected chi connectivity index (χ1v) is 6.67. The van der Waals surface area contributed by atoms with Gasteiger partial charge >= 0.3 is 0 Å². The molecule has 0 radical (unpaired) electrons. The number of hydrogen-bond acceptors (Lipinski definition) is 4. The van der Waals surface area contributed by atoms with E-state index < -0.39 is 0 Å². The SMILES string of the molecule is CCNc1cc(C(=O)NC(C)CN(C)C)cc(Cl)n1. The van der Waals surface area contributed by atoms with Gasteiger partial charge in [0, 0.05) is 24.7 Å². The molecule has 1 rings (SSSR count). The van der Waals surface area contributed by atoms with Crippen molar-refractivity contribution in [3.63, 3.8) is 0 Å². The minimum Gasteiger partial charge on any atom is -0.370 e. The molecule has 0 aromatic carbocycles. The van der Waals surface area contributed by atoms with Gasteiger partial charge in [0.15, 0.2) is 0 Å². The highest BCUT2D eigenvalue weighted by molar-refractivity contribution is 6.29. The second-order valence-electron chi connectivity index (χ2n) is 4.73. The number of amides is 1. The number of nitrogens with one attached hydrogen (secondary N) is 2. The lowest BCUT2D eigenvalue weighted by Gasteiger charge is -2.18. The summed E-state index contributed by atoms with van der Waals surface area (Å²) in [5.74, 6) is 0.471. The van der Waals surface area contributed by atoms with E-state index in [2.05, 4.69) is 15.6 Å². The molecule has 0 saturated heterocycles. The number of halogens is 1. The third-order valence-electron chi connectivity index (χ3n) is 2.43. The maximum atomic E-state index is 12.1. The van der Waals surface area contributed by atoms with Crippen LogP contribution in [-0.2, 0) is 0 Å². The second kappa shape index (κ2) is 7.31. The number of likely N-dealkylation sites (N-methyl/N-ethyl adjacent to an activating group) is 1. The topological polar surface area (TPSA) is 57.3 Å². The number of aromatic nitrogens is 1. The van der Waals surface area contributed by atoms with Crippen molar-refractivity contribution in [2.45, 2.75) is 19.9 Å². The maximum absolute atomic E-state index is 12.1. The number of rotatable bonds is 6. The van der Waals surface area contributed by atoms with Gasteiger partial charge in [-0.2, -0.15) is 0 Å². The van der Waals surface area contributed by atoms with E-state index in [1.165, 1.54) is 0 Å². The average Bonchev–Trinajstić information content (AvgIpc) is 2.27. The lowest BCUT2D eigenvalue weighted by molar-refractivity contribution is 0.0934. The van der Waals surface area contributed by atoms with Crippen LogP contribution >= 0.6 is 11.6 Å². The summed E-state index contributed by atoms with van der Waals surface area (Å²) < 4.78 is 0. The van der Waals surface area contributed by atoms with Crippen molar-refractivity contribution in [2.24, 2.45) is 0 Å². The van der Waals surface area contributed by atoms with E-state index in [9.17, 15) is 4.79 Å². The summed E-state index contributed by atoms with van der Waals surface area (Å²) in [6.07, 6.45) is 0. The quantitative estimate of drug-likeness (QED) is 0.783. The summed E-state index contributed by atoms with van der Waals surface area (Å²) in [7, 11) is 3.93. The Balaban J connectivity index is 2.76. The zero-order valence-electron chi connectivity index (χ0n) is 11.8. The van der Waals surface area contributed by atoms with E-state index in [-0.39, 0.29) is 11.9 Å². The molecule has 2 N–H and O–H groups in total. The number of anilines is 1. The molecule has 1 amide bonds. The van der Waals surface area contributed by atoms with Crippen molar-refractivity contribution < 1.29 is 4.79 Å². The summed E-state index contributed by atoms with van der Waals surface area (Å²) in [5.41, 5.74) is 0.515. The zero-order valence-corrected chi connectivity index (χ0v) is 12.6.